The molecule has 1 heterocycles. The number of benzene rings is 1. The molecule has 1 aliphatic rings. The fourth-order valence-electron chi connectivity index (χ4n) is 2.43. The molecule has 0 bridgehead atoms. The van der Waals surface area contributed by atoms with E-state index in [-0.39, 0.29) is 11.9 Å². The summed E-state index contributed by atoms with van der Waals surface area (Å²) in [5.74, 6) is 1.13. The number of halogens is 1. The molecule has 0 radical (unpaired) electrons. The average Bonchev–Trinajstić information content (AvgIpc) is 2.83. The van der Waals surface area contributed by atoms with Crippen LogP contribution in [0.4, 0.5) is 4.39 Å². The molecule has 0 saturated carbocycles. The molecule has 1 N–H and O–H groups in total. The number of thioether (sulfide) groups is 1. The molecule has 0 aromatic heterocycles. The zero-order valence-electron chi connectivity index (χ0n) is 10.5. The number of nitrogens with one attached hydrogen (secondary N) is 1. The second kappa shape index (κ2) is 5.87. The van der Waals surface area contributed by atoms with Crippen molar-refractivity contribution in [1.82, 2.24) is 5.32 Å². The third-order valence-electron chi connectivity index (χ3n) is 3.25. The van der Waals surface area contributed by atoms with Crippen molar-refractivity contribution in [2.45, 2.75) is 38.0 Å². The zero-order valence-corrected chi connectivity index (χ0v) is 11.3. The van der Waals surface area contributed by atoms with Gasteiger partial charge in [0.15, 0.2) is 0 Å². The molecule has 2 atom stereocenters. The molecule has 1 saturated heterocycles. The Morgan fingerprint density at radius 2 is 2.35 bits per heavy atom. The lowest BCUT2D eigenvalue weighted by Crippen LogP contribution is -2.29. The molecule has 0 amide bonds. The van der Waals surface area contributed by atoms with E-state index in [2.05, 4.69) is 12.2 Å². The van der Waals surface area contributed by atoms with Gasteiger partial charge in [-0.1, -0.05) is 24.6 Å². The molecular formula is C14H20FNS. The number of aryl methyl sites for hydroxylation is 1. The Bertz CT molecular complexity index is 374. The average molecular weight is 253 g/mol. The summed E-state index contributed by atoms with van der Waals surface area (Å²) in [5, 5.41) is 3.97. The maximum absolute atomic E-state index is 13.9. The maximum Gasteiger partial charge on any atom is 0.128 e. The van der Waals surface area contributed by atoms with Crippen LogP contribution in [0.25, 0.3) is 0 Å². The van der Waals surface area contributed by atoms with Gasteiger partial charge < -0.3 is 5.32 Å². The van der Waals surface area contributed by atoms with Gasteiger partial charge in [-0.2, -0.15) is 11.8 Å². The van der Waals surface area contributed by atoms with Crippen LogP contribution in [-0.4, -0.2) is 17.5 Å². The fraction of sp³-hybridized carbons (Fsp3) is 0.571. The van der Waals surface area contributed by atoms with Crippen LogP contribution < -0.4 is 5.32 Å². The van der Waals surface area contributed by atoms with E-state index in [1.54, 1.807) is 6.07 Å². The highest BCUT2D eigenvalue weighted by atomic mass is 32.2. The first-order valence-corrected chi connectivity index (χ1v) is 7.38. The maximum atomic E-state index is 13.9. The summed E-state index contributed by atoms with van der Waals surface area (Å²) in [6.07, 6.45) is 2.44. The first-order valence-electron chi connectivity index (χ1n) is 6.33. The highest BCUT2D eigenvalue weighted by Gasteiger charge is 2.28. The van der Waals surface area contributed by atoms with E-state index in [1.165, 1.54) is 18.6 Å². The standard InChI is InChI=1S/C14H20FNS/c1-3-16-14(13-5-4-8-17-13)11-9-10(2)6-7-12(11)15/h6-7,9,13-14,16H,3-5,8H2,1-2H3. The van der Waals surface area contributed by atoms with Crippen molar-refractivity contribution >= 4 is 11.8 Å². The van der Waals surface area contributed by atoms with E-state index in [0.717, 1.165) is 17.7 Å². The van der Waals surface area contributed by atoms with Gasteiger partial charge in [-0.15, -0.1) is 0 Å². The Labute approximate surface area is 107 Å². The molecule has 1 aliphatic heterocycles. The minimum Gasteiger partial charge on any atom is -0.309 e. The van der Waals surface area contributed by atoms with Gasteiger partial charge in [0.1, 0.15) is 5.82 Å². The third-order valence-corrected chi connectivity index (χ3v) is 4.71. The molecule has 1 aromatic carbocycles. The molecule has 0 aliphatic carbocycles. The normalized spacial score (nSPS) is 21.7. The summed E-state index contributed by atoms with van der Waals surface area (Å²) in [5.41, 5.74) is 1.97. The molecule has 2 unspecified atom stereocenters. The predicted octanol–water partition coefficient (Wildman–Crippen LogP) is 3.68. The largest absolute Gasteiger partial charge is 0.309 e. The van der Waals surface area contributed by atoms with Gasteiger partial charge in [0.2, 0.25) is 0 Å². The van der Waals surface area contributed by atoms with Crippen LogP contribution in [0.15, 0.2) is 18.2 Å². The molecule has 2 rings (SSSR count). The van der Waals surface area contributed by atoms with Crippen molar-refractivity contribution in [3.05, 3.63) is 35.1 Å². The highest BCUT2D eigenvalue weighted by Crippen LogP contribution is 2.36. The van der Waals surface area contributed by atoms with E-state index in [0.29, 0.717) is 5.25 Å². The Balaban J connectivity index is 2.27. The number of hydrogen-bond acceptors (Lipinski definition) is 2. The summed E-state index contributed by atoms with van der Waals surface area (Å²) < 4.78 is 13.9. The molecular weight excluding hydrogens is 233 g/mol. The number of rotatable bonds is 4. The quantitative estimate of drug-likeness (QED) is 0.878. The zero-order chi connectivity index (χ0) is 12.3. The summed E-state index contributed by atoms with van der Waals surface area (Å²) in [7, 11) is 0. The van der Waals surface area contributed by atoms with Gasteiger partial charge in [-0.05, 0) is 38.1 Å². The Hall–Kier alpha value is -0.540. The van der Waals surface area contributed by atoms with Crippen LogP contribution in [0.3, 0.4) is 0 Å². The van der Waals surface area contributed by atoms with Gasteiger partial charge in [-0.25, -0.2) is 4.39 Å². The molecule has 1 aromatic rings. The van der Waals surface area contributed by atoms with Crippen molar-refractivity contribution in [2.75, 3.05) is 12.3 Å². The van der Waals surface area contributed by atoms with E-state index in [4.69, 9.17) is 0 Å². The number of hydrogen-bond donors (Lipinski definition) is 1. The Kier molecular flexibility index (Phi) is 4.46. The smallest absolute Gasteiger partial charge is 0.128 e. The molecule has 94 valence electrons. The summed E-state index contributed by atoms with van der Waals surface area (Å²) in [6, 6.07) is 5.58. The molecule has 0 spiro atoms. The second-order valence-corrected chi connectivity index (χ2v) is 5.96. The lowest BCUT2D eigenvalue weighted by molar-refractivity contribution is 0.489. The lowest BCUT2D eigenvalue weighted by Gasteiger charge is -2.25. The van der Waals surface area contributed by atoms with E-state index >= 15 is 0 Å². The minimum atomic E-state index is -0.0750. The molecule has 17 heavy (non-hydrogen) atoms. The van der Waals surface area contributed by atoms with Crippen LogP contribution in [0, 0.1) is 12.7 Å². The topological polar surface area (TPSA) is 12.0 Å². The van der Waals surface area contributed by atoms with Crippen molar-refractivity contribution in [2.24, 2.45) is 0 Å². The van der Waals surface area contributed by atoms with Gasteiger partial charge in [0.05, 0.1) is 0 Å². The summed E-state index contributed by atoms with van der Waals surface area (Å²) >= 11 is 1.97. The van der Waals surface area contributed by atoms with Crippen molar-refractivity contribution < 1.29 is 4.39 Å². The first-order chi connectivity index (χ1) is 8.22. The summed E-state index contributed by atoms with van der Waals surface area (Å²) in [4.78, 5) is 0. The molecule has 3 heteroatoms. The molecule has 1 nitrogen and oxygen atoms in total. The van der Waals surface area contributed by atoms with E-state index in [1.807, 2.05) is 30.8 Å². The fourth-order valence-corrected chi connectivity index (χ4v) is 3.83. The van der Waals surface area contributed by atoms with Crippen LogP contribution in [0.5, 0.6) is 0 Å². The van der Waals surface area contributed by atoms with Crippen LogP contribution >= 0.6 is 11.8 Å². The highest BCUT2D eigenvalue weighted by molar-refractivity contribution is 8.00. The van der Waals surface area contributed by atoms with E-state index < -0.39 is 0 Å². The Morgan fingerprint density at radius 1 is 1.53 bits per heavy atom. The second-order valence-electron chi connectivity index (χ2n) is 4.61. The predicted molar refractivity (Wildman–Crippen MR) is 73.0 cm³/mol. The van der Waals surface area contributed by atoms with Gasteiger partial charge in [0.25, 0.3) is 0 Å². The Morgan fingerprint density at radius 3 is 3.00 bits per heavy atom. The minimum absolute atomic E-state index is 0.0750. The first kappa shape index (κ1) is 12.9. The SMILES string of the molecule is CCNC(c1cc(C)ccc1F)C1CCCS1. The van der Waals surface area contributed by atoms with Crippen LogP contribution in [0.1, 0.15) is 36.9 Å². The lowest BCUT2D eigenvalue weighted by atomic mass is 9.98. The van der Waals surface area contributed by atoms with Gasteiger partial charge in [0, 0.05) is 16.9 Å². The van der Waals surface area contributed by atoms with Crippen LogP contribution in [-0.2, 0) is 0 Å². The van der Waals surface area contributed by atoms with Gasteiger partial charge >= 0.3 is 0 Å². The van der Waals surface area contributed by atoms with Crippen molar-refractivity contribution in [3.63, 3.8) is 0 Å². The van der Waals surface area contributed by atoms with Crippen molar-refractivity contribution in [1.29, 1.82) is 0 Å². The van der Waals surface area contributed by atoms with Gasteiger partial charge in [-0.3, -0.25) is 0 Å². The molecule has 1 fully saturated rings. The van der Waals surface area contributed by atoms with E-state index in [9.17, 15) is 4.39 Å². The third kappa shape index (κ3) is 3.02. The van der Waals surface area contributed by atoms with Crippen LogP contribution in [0.2, 0.25) is 0 Å². The van der Waals surface area contributed by atoms with Crippen molar-refractivity contribution in [3.8, 4) is 0 Å². The monoisotopic (exact) mass is 253 g/mol. The summed E-state index contributed by atoms with van der Waals surface area (Å²) in [6.45, 7) is 4.99.